The van der Waals surface area contributed by atoms with E-state index in [2.05, 4.69) is 5.32 Å². The topological polar surface area (TPSA) is 66.5 Å². The molecule has 12 heteroatoms. The minimum absolute atomic E-state index is 0.217. The molecule has 0 atom stereocenters. The average molecular weight is 515 g/mol. The van der Waals surface area contributed by atoms with Crippen LogP contribution in [-0.2, 0) is 21.0 Å². The first-order valence-corrected chi connectivity index (χ1v) is 12.5. The molecular formula is C19H19Cl2F3N2O3S2. The van der Waals surface area contributed by atoms with Crippen LogP contribution in [0, 0.1) is 0 Å². The molecule has 0 aliphatic carbocycles. The molecule has 2 rings (SSSR count). The summed E-state index contributed by atoms with van der Waals surface area (Å²) in [5.41, 5.74) is -1.48. The maximum atomic E-state index is 13.0. The van der Waals surface area contributed by atoms with Crippen LogP contribution < -0.4 is 9.62 Å². The fourth-order valence-electron chi connectivity index (χ4n) is 2.47. The second-order valence-electron chi connectivity index (χ2n) is 6.44. The van der Waals surface area contributed by atoms with E-state index in [1.54, 1.807) is 23.9 Å². The zero-order chi connectivity index (χ0) is 23.2. The second kappa shape index (κ2) is 10.8. The van der Waals surface area contributed by atoms with E-state index < -0.39 is 39.9 Å². The highest BCUT2D eigenvalue weighted by Crippen LogP contribution is 2.36. The highest BCUT2D eigenvalue weighted by Gasteiger charge is 2.33. The van der Waals surface area contributed by atoms with Gasteiger partial charge in [0.2, 0.25) is 15.9 Å². The maximum absolute atomic E-state index is 13.0. The monoisotopic (exact) mass is 514 g/mol. The standard InChI is InChI=1S/C19H19Cl2F3N2O3S2/c1-31(28,29)26(17-11-13(19(22,23)24)3-8-16(17)21)12-18(27)25-9-2-10-30-15-6-4-14(20)5-7-15/h3-8,11H,2,9-10,12H2,1H3,(H,25,27). The largest absolute Gasteiger partial charge is 0.416 e. The molecule has 1 amide bonds. The lowest BCUT2D eigenvalue weighted by molar-refractivity contribution is -0.137. The van der Waals surface area contributed by atoms with Gasteiger partial charge in [-0.25, -0.2) is 8.42 Å². The van der Waals surface area contributed by atoms with Crippen LogP contribution in [-0.4, -0.2) is 39.4 Å². The summed E-state index contributed by atoms with van der Waals surface area (Å²) < 4.78 is 63.8. The number of thioether (sulfide) groups is 1. The van der Waals surface area contributed by atoms with Gasteiger partial charge < -0.3 is 5.32 Å². The van der Waals surface area contributed by atoms with Crippen molar-refractivity contribution in [3.63, 3.8) is 0 Å². The predicted octanol–water partition coefficient (Wildman–Crippen LogP) is 5.08. The van der Waals surface area contributed by atoms with Gasteiger partial charge in [0.05, 0.1) is 22.5 Å². The number of hydrogen-bond donors (Lipinski definition) is 1. The van der Waals surface area contributed by atoms with E-state index in [-0.39, 0.29) is 11.6 Å². The number of sulfonamides is 1. The van der Waals surface area contributed by atoms with Gasteiger partial charge in [-0.1, -0.05) is 23.2 Å². The Bertz CT molecular complexity index is 1020. The third kappa shape index (κ3) is 8.10. The molecule has 2 aromatic carbocycles. The summed E-state index contributed by atoms with van der Waals surface area (Å²) in [7, 11) is -4.07. The lowest BCUT2D eigenvalue weighted by Crippen LogP contribution is -2.41. The van der Waals surface area contributed by atoms with Crippen molar-refractivity contribution in [3.8, 4) is 0 Å². The maximum Gasteiger partial charge on any atom is 0.416 e. The Morgan fingerprint density at radius 3 is 2.35 bits per heavy atom. The predicted molar refractivity (Wildman–Crippen MR) is 118 cm³/mol. The van der Waals surface area contributed by atoms with Gasteiger partial charge in [0, 0.05) is 16.5 Å². The van der Waals surface area contributed by atoms with Crippen molar-refractivity contribution in [2.24, 2.45) is 0 Å². The SMILES string of the molecule is CS(=O)(=O)N(CC(=O)NCCCSc1ccc(Cl)cc1)c1cc(C(F)(F)F)ccc1Cl. The first-order valence-electron chi connectivity index (χ1n) is 8.87. The molecule has 0 aromatic heterocycles. The van der Waals surface area contributed by atoms with Crippen molar-refractivity contribution < 1.29 is 26.4 Å². The molecule has 0 fully saturated rings. The minimum atomic E-state index is -4.69. The van der Waals surface area contributed by atoms with Gasteiger partial charge in [0.15, 0.2) is 0 Å². The number of hydrogen-bond acceptors (Lipinski definition) is 4. The molecule has 0 heterocycles. The minimum Gasteiger partial charge on any atom is -0.354 e. The summed E-state index contributed by atoms with van der Waals surface area (Å²) in [6.07, 6.45) is -3.30. The Balaban J connectivity index is 1.97. The zero-order valence-electron chi connectivity index (χ0n) is 16.2. The molecule has 170 valence electrons. The van der Waals surface area contributed by atoms with Gasteiger partial charge in [0.1, 0.15) is 6.54 Å². The number of benzene rings is 2. The van der Waals surface area contributed by atoms with E-state index in [0.29, 0.717) is 27.6 Å². The Kier molecular flexibility index (Phi) is 8.93. The summed E-state index contributed by atoms with van der Waals surface area (Å²) >= 11 is 13.3. The summed E-state index contributed by atoms with van der Waals surface area (Å²) in [6.45, 7) is -0.419. The first kappa shape index (κ1) is 25.6. The molecule has 0 radical (unpaired) electrons. The molecule has 0 saturated carbocycles. The number of rotatable bonds is 9. The lowest BCUT2D eigenvalue weighted by Gasteiger charge is -2.24. The van der Waals surface area contributed by atoms with Crippen molar-refractivity contribution in [2.75, 3.05) is 29.4 Å². The smallest absolute Gasteiger partial charge is 0.354 e. The molecule has 31 heavy (non-hydrogen) atoms. The molecule has 1 N–H and O–H groups in total. The first-order chi connectivity index (χ1) is 14.4. The Hall–Kier alpha value is -1.62. The highest BCUT2D eigenvalue weighted by atomic mass is 35.5. The summed E-state index contributed by atoms with van der Waals surface area (Å²) in [5, 5.41) is 2.99. The van der Waals surface area contributed by atoms with Crippen LogP contribution in [0.4, 0.5) is 18.9 Å². The molecule has 0 bridgehead atoms. The van der Waals surface area contributed by atoms with E-state index in [9.17, 15) is 26.4 Å². The van der Waals surface area contributed by atoms with Crippen LogP contribution in [0.25, 0.3) is 0 Å². The average Bonchev–Trinajstić information content (AvgIpc) is 2.66. The summed E-state index contributed by atoms with van der Waals surface area (Å²) in [4.78, 5) is 13.2. The van der Waals surface area contributed by atoms with E-state index >= 15 is 0 Å². The van der Waals surface area contributed by atoms with Crippen molar-refractivity contribution in [3.05, 3.63) is 58.1 Å². The molecule has 5 nitrogen and oxygen atoms in total. The van der Waals surface area contributed by atoms with Gasteiger partial charge in [-0.2, -0.15) is 13.2 Å². The van der Waals surface area contributed by atoms with E-state index in [0.717, 1.165) is 23.3 Å². The lowest BCUT2D eigenvalue weighted by atomic mass is 10.2. The summed E-state index contributed by atoms with van der Waals surface area (Å²) in [5.74, 6) is 0.0346. The van der Waals surface area contributed by atoms with Crippen LogP contribution in [0.3, 0.4) is 0 Å². The van der Waals surface area contributed by atoms with Crippen LogP contribution in [0.5, 0.6) is 0 Å². The number of anilines is 1. The van der Waals surface area contributed by atoms with Gasteiger partial charge in [-0.05, 0) is 54.6 Å². The van der Waals surface area contributed by atoms with Crippen LogP contribution in [0.2, 0.25) is 10.0 Å². The third-order valence-electron chi connectivity index (χ3n) is 3.96. The van der Waals surface area contributed by atoms with Crippen LogP contribution >= 0.6 is 35.0 Å². The molecule has 0 unspecified atom stereocenters. The molecule has 0 spiro atoms. The molecule has 0 aliphatic rings. The number of alkyl halides is 3. The highest BCUT2D eigenvalue weighted by molar-refractivity contribution is 7.99. The van der Waals surface area contributed by atoms with E-state index in [1.807, 2.05) is 12.1 Å². The number of nitrogens with one attached hydrogen (secondary N) is 1. The van der Waals surface area contributed by atoms with Crippen molar-refractivity contribution >= 4 is 56.6 Å². The second-order valence-corrected chi connectivity index (χ2v) is 10.4. The quantitative estimate of drug-likeness (QED) is 0.374. The molecule has 0 saturated heterocycles. The Morgan fingerprint density at radius 1 is 1.13 bits per heavy atom. The Morgan fingerprint density at radius 2 is 1.77 bits per heavy atom. The molecular weight excluding hydrogens is 496 g/mol. The van der Waals surface area contributed by atoms with Crippen LogP contribution in [0.1, 0.15) is 12.0 Å². The fraction of sp³-hybridized carbons (Fsp3) is 0.316. The van der Waals surface area contributed by atoms with Gasteiger partial charge in [-0.3, -0.25) is 9.10 Å². The van der Waals surface area contributed by atoms with Crippen molar-refractivity contribution in [2.45, 2.75) is 17.5 Å². The van der Waals surface area contributed by atoms with Gasteiger partial charge in [0.25, 0.3) is 0 Å². The van der Waals surface area contributed by atoms with E-state index in [1.165, 1.54) is 0 Å². The number of nitrogens with zero attached hydrogens (tertiary/aromatic N) is 1. The summed E-state index contributed by atoms with van der Waals surface area (Å²) in [6, 6.07) is 9.57. The third-order valence-corrected chi connectivity index (χ3v) is 6.75. The van der Waals surface area contributed by atoms with E-state index in [4.69, 9.17) is 23.2 Å². The normalized spacial score (nSPS) is 11.9. The van der Waals surface area contributed by atoms with Gasteiger partial charge >= 0.3 is 6.18 Å². The molecule has 0 aliphatic heterocycles. The van der Waals surface area contributed by atoms with Gasteiger partial charge in [-0.15, -0.1) is 11.8 Å². The number of carbonyl (C=O) groups is 1. The van der Waals surface area contributed by atoms with Crippen molar-refractivity contribution in [1.29, 1.82) is 0 Å². The molecule has 2 aromatic rings. The van der Waals surface area contributed by atoms with Crippen LogP contribution in [0.15, 0.2) is 47.4 Å². The van der Waals surface area contributed by atoms with Crippen molar-refractivity contribution in [1.82, 2.24) is 5.32 Å². The number of carbonyl (C=O) groups excluding carboxylic acids is 1. The fourth-order valence-corrected chi connectivity index (χ4v) is 4.58. The number of amides is 1. The Labute approximate surface area is 193 Å². The zero-order valence-corrected chi connectivity index (χ0v) is 19.4. The number of halogens is 5.